The minimum atomic E-state index is -5.05. The molecule has 1 aliphatic carbocycles. The van der Waals surface area contributed by atoms with E-state index in [0.717, 1.165) is 22.8 Å². The van der Waals surface area contributed by atoms with E-state index in [4.69, 9.17) is 5.26 Å². The first-order valence-corrected chi connectivity index (χ1v) is 19.8. The number of carbonyl (C=O) groups excluding carboxylic acids is 2. The summed E-state index contributed by atoms with van der Waals surface area (Å²) in [5, 5.41) is 21.3. The van der Waals surface area contributed by atoms with Crippen LogP contribution in [0, 0.1) is 6.92 Å². The molecule has 19 nitrogen and oxygen atoms in total. The lowest BCUT2D eigenvalue weighted by molar-refractivity contribution is -0.432. The summed E-state index contributed by atoms with van der Waals surface area (Å²) in [6.45, 7) is 1.60. The number of benzene rings is 4. The molecule has 1 aliphatic rings. The van der Waals surface area contributed by atoms with Crippen molar-refractivity contribution in [1.29, 1.82) is 0 Å². The lowest BCUT2D eigenvalue weighted by atomic mass is 9.80. The maximum absolute atomic E-state index is 14.5. The third-order valence-corrected chi connectivity index (χ3v) is 11.2. The summed E-state index contributed by atoms with van der Waals surface area (Å²) in [7, 11) is -6.83. The first-order chi connectivity index (χ1) is 27.0. The second kappa shape index (κ2) is 14.8. The highest BCUT2D eigenvalue weighted by molar-refractivity contribution is 7.94. The molecule has 292 valence electrons. The number of hydrogen-bond acceptors (Lipinski definition) is 17. The Bertz CT molecular complexity index is 2990. The monoisotopic (exact) mass is 833 g/mol. The number of carbonyl (C=O) groups is 2. The van der Waals surface area contributed by atoms with E-state index < -0.39 is 52.7 Å². The van der Waals surface area contributed by atoms with E-state index >= 15 is 0 Å². The molecule has 0 aliphatic heterocycles. The van der Waals surface area contributed by atoms with Crippen molar-refractivity contribution in [2.24, 2.45) is 7.05 Å². The number of aryl methyl sites for hydroxylation is 2. The third-order valence-electron chi connectivity index (χ3n) is 8.85. The average Bonchev–Trinajstić information content (AvgIpc) is 3.17. The zero-order chi connectivity index (χ0) is 41.0. The molecule has 57 heavy (non-hydrogen) atoms. The average molecular weight is 834 g/mol. The number of aromatic nitrogens is 4. The molecule has 0 amide bonds. The Morgan fingerprint density at radius 2 is 1.53 bits per heavy atom. The molecule has 0 spiro atoms. The maximum atomic E-state index is 14.5. The predicted octanol–water partition coefficient (Wildman–Crippen LogP) is 4.92. The smallest absolute Gasteiger partial charge is 0.296 e. The van der Waals surface area contributed by atoms with Crippen LogP contribution in [0.5, 0.6) is 0 Å². The number of rotatable bonds is 12. The standard InChI is InChI=1S/C35H27N7O12S3/c1-16-37-34(36-2)41-35(38-16)40-22-14-23(26(57(50,51)52)15-25(22)55-54-53-46)39-21-11-12-24-29-27(19-9-4-5-10-20(19)32(44)28(21)29)30(33(45)42(24)3)31(43)17-7-6-8-18(13-17)56(47,48)49/h4-15,39,46H,1-3H3,(H,47,48,49)(H,50,51,52)(H2,36,37,38,40,41). The lowest BCUT2D eigenvalue weighted by Gasteiger charge is -2.26. The van der Waals surface area contributed by atoms with E-state index in [-0.39, 0.29) is 72.6 Å². The van der Waals surface area contributed by atoms with Gasteiger partial charge in [-0.2, -0.15) is 31.8 Å². The summed E-state index contributed by atoms with van der Waals surface area (Å²) in [6, 6.07) is 15.8. The number of pyridine rings is 1. The van der Waals surface area contributed by atoms with Crippen LogP contribution in [0.15, 0.2) is 92.3 Å². The Balaban J connectivity index is 1.48. The summed E-state index contributed by atoms with van der Waals surface area (Å²) < 4.78 is 75.5. The van der Waals surface area contributed by atoms with Crippen LogP contribution in [0.3, 0.4) is 0 Å². The molecule has 7 rings (SSSR count). The summed E-state index contributed by atoms with van der Waals surface area (Å²) in [6.07, 6.45) is 0. The molecular formula is C35H27N7O12S3. The van der Waals surface area contributed by atoms with Gasteiger partial charge < -0.3 is 20.5 Å². The molecule has 0 radical (unpaired) electrons. The van der Waals surface area contributed by atoms with Gasteiger partial charge in [0, 0.05) is 36.2 Å². The summed E-state index contributed by atoms with van der Waals surface area (Å²) in [4.78, 5) is 54.1. The van der Waals surface area contributed by atoms with Gasteiger partial charge in [0.25, 0.3) is 25.8 Å². The molecule has 0 bridgehead atoms. The molecule has 6 N–H and O–H groups in total. The predicted molar refractivity (Wildman–Crippen MR) is 205 cm³/mol. The van der Waals surface area contributed by atoms with Crippen LogP contribution in [0.1, 0.15) is 37.7 Å². The highest BCUT2D eigenvalue weighted by atomic mass is 32.2. The fourth-order valence-electron chi connectivity index (χ4n) is 6.44. The van der Waals surface area contributed by atoms with Gasteiger partial charge in [0.2, 0.25) is 11.9 Å². The number of fused-ring (bicyclic) bond motifs is 2. The second-order valence-corrected chi connectivity index (χ2v) is 15.8. The van der Waals surface area contributed by atoms with Crippen molar-refractivity contribution in [1.82, 2.24) is 19.5 Å². The summed E-state index contributed by atoms with van der Waals surface area (Å²) in [5.74, 6) is -1.01. The van der Waals surface area contributed by atoms with Crippen molar-refractivity contribution in [3.05, 3.63) is 111 Å². The largest absolute Gasteiger partial charge is 0.357 e. The van der Waals surface area contributed by atoms with Crippen molar-refractivity contribution >= 4 is 83.7 Å². The van der Waals surface area contributed by atoms with Gasteiger partial charge in [-0.1, -0.05) is 41.4 Å². The quantitative estimate of drug-likeness (QED) is 0.0313. The normalized spacial score (nSPS) is 12.4. The van der Waals surface area contributed by atoms with Crippen LogP contribution in [0.25, 0.3) is 22.0 Å². The van der Waals surface area contributed by atoms with Crippen LogP contribution in [-0.2, 0) is 36.7 Å². The van der Waals surface area contributed by atoms with E-state index in [1.807, 2.05) is 0 Å². The Labute approximate surface area is 326 Å². The van der Waals surface area contributed by atoms with Gasteiger partial charge in [-0.3, -0.25) is 23.5 Å². The molecule has 2 heterocycles. The van der Waals surface area contributed by atoms with Gasteiger partial charge in [-0.25, -0.2) is 5.26 Å². The fourth-order valence-corrected chi connectivity index (χ4v) is 8.16. The zero-order valence-electron chi connectivity index (χ0n) is 29.5. The Kier molecular flexibility index (Phi) is 10.1. The van der Waals surface area contributed by atoms with Crippen molar-refractivity contribution in [2.75, 3.05) is 23.0 Å². The zero-order valence-corrected chi connectivity index (χ0v) is 31.9. The van der Waals surface area contributed by atoms with Gasteiger partial charge in [-0.05, 0) is 48.9 Å². The molecule has 22 heteroatoms. The van der Waals surface area contributed by atoms with Crippen LogP contribution >= 0.6 is 12.0 Å². The Morgan fingerprint density at radius 3 is 2.21 bits per heavy atom. The van der Waals surface area contributed by atoms with Gasteiger partial charge >= 0.3 is 0 Å². The molecule has 0 saturated heterocycles. The molecule has 0 atom stereocenters. The minimum absolute atomic E-state index is 0.0124. The third kappa shape index (κ3) is 7.22. The molecule has 2 aromatic heterocycles. The van der Waals surface area contributed by atoms with Gasteiger partial charge in [-0.15, -0.1) is 4.33 Å². The van der Waals surface area contributed by atoms with Crippen molar-refractivity contribution in [3.8, 4) is 11.1 Å². The van der Waals surface area contributed by atoms with E-state index in [1.54, 1.807) is 32.2 Å². The summed E-state index contributed by atoms with van der Waals surface area (Å²) in [5.41, 5.74) is -1.25. The molecule has 6 aromatic rings. The maximum Gasteiger partial charge on any atom is 0.296 e. The van der Waals surface area contributed by atoms with Crippen LogP contribution < -0.4 is 21.5 Å². The number of anilines is 5. The van der Waals surface area contributed by atoms with Crippen LogP contribution in [0.2, 0.25) is 0 Å². The lowest BCUT2D eigenvalue weighted by Crippen LogP contribution is -2.29. The van der Waals surface area contributed by atoms with E-state index in [1.165, 1.54) is 43.4 Å². The molecule has 0 unspecified atom stereocenters. The SMILES string of the molecule is CNc1nc(C)nc(Nc2cc(Nc3ccc4c5c3C(=O)c3ccccc3-c5c(C(=O)c3cccc(S(=O)(=O)O)c3)c(=O)n4C)c(S(=O)(=O)O)cc2SOOO)n1. The number of nitrogens with zero attached hydrogens (tertiary/aromatic N) is 4. The topological polar surface area (TPSA) is 278 Å². The highest BCUT2D eigenvalue weighted by Gasteiger charge is 2.35. The van der Waals surface area contributed by atoms with Crippen LogP contribution in [-0.4, -0.2) is 69.3 Å². The number of ketones is 2. The molecular weight excluding hydrogens is 807 g/mol. The molecule has 0 saturated carbocycles. The van der Waals surface area contributed by atoms with Gasteiger partial charge in [0.15, 0.2) is 11.6 Å². The van der Waals surface area contributed by atoms with Crippen molar-refractivity contribution in [3.63, 3.8) is 0 Å². The first-order valence-electron chi connectivity index (χ1n) is 16.2. The van der Waals surface area contributed by atoms with E-state index in [9.17, 15) is 40.3 Å². The van der Waals surface area contributed by atoms with Gasteiger partial charge in [0.1, 0.15) is 10.7 Å². The molecule has 4 aromatic carbocycles. The summed E-state index contributed by atoms with van der Waals surface area (Å²) >= 11 is 0.356. The molecule has 0 fully saturated rings. The van der Waals surface area contributed by atoms with Crippen molar-refractivity contribution in [2.45, 2.75) is 21.6 Å². The van der Waals surface area contributed by atoms with Crippen molar-refractivity contribution < 1.29 is 50.2 Å². The van der Waals surface area contributed by atoms with Crippen LogP contribution in [0.4, 0.5) is 29.0 Å². The number of nitrogens with one attached hydrogen (secondary N) is 3. The van der Waals surface area contributed by atoms with E-state index in [2.05, 4.69) is 40.3 Å². The van der Waals surface area contributed by atoms with E-state index in [0.29, 0.717) is 17.9 Å². The van der Waals surface area contributed by atoms with Gasteiger partial charge in [0.05, 0.1) is 55.5 Å². The Hall–Kier alpha value is -6.11. The number of hydrogen-bond donors (Lipinski definition) is 6. The minimum Gasteiger partial charge on any atom is -0.357 e. The Morgan fingerprint density at radius 1 is 0.807 bits per heavy atom. The first kappa shape index (κ1) is 39.1. The second-order valence-electron chi connectivity index (χ2n) is 12.3. The fraction of sp³-hybridized carbons (Fsp3) is 0.0857. The highest BCUT2D eigenvalue weighted by Crippen LogP contribution is 2.45.